The van der Waals surface area contributed by atoms with E-state index in [0.29, 0.717) is 29.8 Å². The van der Waals surface area contributed by atoms with E-state index < -0.39 is 0 Å². The third-order valence-corrected chi connectivity index (χ3v) is 4.41. The molecule has 0 aliphatic heterocycles. The van der Waals surface area contributed by atoms with Crippen molar-refractivity contribution in [2.24, 2.45) is 5.73 Å². The first-order chi connectivity index (χ1) is 13.5. The SMILES string of the molecule is CCc1ccccc1.Cc1cccc(O)c1-c1cc(CCN)c(C#N)c(N)n1. The molecule has 5 heteroatoms. The summed E-state index contributed by atoms with van der Waals surface area (Å²) in [5, 5.41) is 19.1. The molecule has 0 aliphatic rings. The highest BCUT2D eigenvalue weighted by Gasteiger charge is 2.14. The number of nitriles is 1. The smallest absolute Gasteiger partial charge is 0.142 e. The molecule has 0 aliphatic carbocycles. The fourth-order valence-electron chi connectivity index (χ4n) is 2.93. The van der Waals surface area contributed by atoms with Crippen molar-refractivity contribution in [1.29, 1.82) is 5.26 Å². The minimum absolute atomic E-state index is 0.139. The van der Waals surface area contributed by atoms with Crippen LogP contribution in [-0.2, 0) is 12.8 Å². The Hall–Kier alpha value is -3.36. The van der Waals surface area contributed by atoms with Crippen LogP contribution in [0.15, 0.2) is 54.6 Å². The monoisotopic (exact) mass is 374 g/mol. The molecule has 144 valence electrons. The minimum atomic E-state index is 0.139. The van der Waals surface area contributed by atoms with E-state index in [2.05, 4.69) is 42.2 Å². The van der Waals surface area contributed by atoms with Crippen molar-refractivity contribution < 1.29 is 5.11 Å². The topological polar surface area (TPSA) is 109 Å². The quantitative estimate of drug-likeness (QED) is 0.640. The van der Waals surface area contributed by atoms with Crippen molar-refractivity contribution in [3.05, 3.63) is 76.9 Å². The number of aryl methyl sites for hydroxylation is 2. The molecular weight excluding hydrogens is 348 g/mol. The lowest BCUT2D eigenvalue weighted by atomic mass is 9.99. The standard InChI is InChI=1S/C15H16N4O.C8H10/c1-9-3-2-4-13(20)14(9)12-7-10(5-6-16)11(8-17)15(18)19-12;1-2-8-6-4-3-5-7-8/h2-4,7,20H,5-6,16H2,1H3,(H2,18,19);3-7H,2H2,1H3. The zero-order chi connectivity index (χ0) is 20.5. The third kappa shape index (κ3) is 5.09. The zero-order valence-corrected chi connectivity index (χ0v) is 16.3. The van der Waals surface area contributed by atoms with Crippen LogP contribution in [0.2, 0.25) is 0 Å². The summed E-state index contributed by atoms with van der Waals surface area (Å²) in [5.41, 5.74) is 16.0. The third-order valence-electron chi connectivity index (χ3n) is 4.41. The molecule has 1 aromatic heterocycles. The van der Waals surface area contributed by atoms with Crippen LogP contribution < -0.4 is 11.5 Å². The van der Waals surface area contributed by atoms with Crippen LogP contribution in [0.4, 0.5) is 5.82 Å². The molecule has 5 nitrogen and oxygen atoms in total. The number of phenolic OH excluding ortho intramolecular Hbond substituents is 1. The van der Waals surface area contributed by atoms with Crippen LogP contribution in [0.5, 0.6) is 5.75 Å². The van der Waals surface area contributed by atoms with Gasteiger partial charge in [-0.25, -0.2) is 4.98 Å². The molecule has 28 heavy (non-hydrogen) atoms. The van der Waals surface area contributed by atoms with Crippen LogP contribution in [0, 0.1) is 18.3 Å². The maximum absolute atomic E-state index is 10.0. The molecule has 0 radical (unpaired) electrons. The Morgan fingerprint density at radius 2 is 1.82 bits per heavy atom. The number of benzene rings is 2. The molecule has 0 amide bonds. The van der Waals surface area contributed by atoms with Gasteiger partial charge in [0.05, 0.1) is 11.3 Å². The number of nitrogen functional groups attached to an aromatic ring is 1. The number of aromatic hydroxyl groups is 1. The molecule has 2 aromatic carbocycles. The van der Waals surface area contributed by atoms with Crippen molar-refractivity contribution >= 4 is 5.82 Å². The van der Waals surface area contributed by atoms with E-state index in [0.717, 1.165) is 17.5 Å². The van der Waals surface area contributed by atoms with Gasteiger partial charge >= 0.3 is 0 Å². The fourth-order valence-corrected chi connectivity index (χ4v) is 2.93. The summed E-state index contributed by atoms with van der Waals surface area (Å²) in [5.74, 6) is 0.302. The number of nitrogens with zero attached hydrogens (tertiary/aromatic N) is 2. The van der Waals surface area contributed by atoms with E-state index in [1.54, 1.807) is 18.2 Å². The molecule has 5 N–H and O–H groups in total. The second kappa shape index (κ2) is 10.1. The first-order valence-corrected chi connectivity index (χ1v) is 9.24. The Morgan fingerprint density at radius 1 is 1.11 bits per heavy atom. The summed E-state index contributed by atoms with van der Waals surface area (Å²) in [6.45, 7) is 4.46. The number of hydrogen-bond donors (Lipinski definition) is 3. The van der Waals surface area contributed by atoms with Crippen molar-refractivity contribution in [2.45, 2.75) is 26.7 Å². The number of pyridine rings is 1. The van der Waals surface area contributed by atoms with Crippen molar-refractivity contribution in [3.63, 3.8) is 0 Å². The van der Waals surface area contributed by atoms with Gasteiger partial charge in [-0.1, -0.05) is 49.4 Å². The van der Waals surface area contributed by atoms with E-state index in [1.165, 1.54) is 5.56 Å². The van der Waals surface area contributed by atoms with E-state index in [-0.39, 0.29) is 11.6 Å². The van der Waals surface area contributed by atoms with E-state index in [1.807, 2.05) is 19.1 Å². The Bertz CT molecular complexity index is 942. The van der Waals surface area contributed by atoms with Gasteiger partial charge < -0.3 is 16.6 Å². The Kier molecular flexibility index (Phi) is 7.55. The molecule has 0 unspecified atom stereocenters. The van der Waals surface area contributed by atoms with E-state index >= 15 is 0 Å². The van der Waals surface area contributed by atoms with Crippen molar-refractivity contribution in [1.82, 2.24) is 4.98 Å². The van der Waals surface area contributed by atoms with Gasteiger partial charge in [-0.05, 0) is 55.1 Å². The maximum Gasteiger partial charge on any atom is 0.142 e. The zero-order valence-electron chi connectivity index (χ0n) is 16.3. The number of nitrogens with two attached hydrogens (primary N) is 2. The average molecular weight is 374 g/mol. The molecule has 0 spiro atoms. The van der Waals surface area contributed by atoms with Gasteiger partial charge in [-0.2, -0.15) is 5.26 Å². The van der Waals surface area contributed by atoms with Crippen LogP contribution in [-0.4, -0.2) is 16.6 Å². The number of hydrogen-bond acceptors (Lipinski definition) is 5. The highest BCUT2D eigenvalue weighted by molar-refractivity contribution is 5.73. The van der Waals surface area contributed by atoms with Crippen LogP contribution in [0.25, 0.3) is 11.3 Å². The number of phenols is 1. The molecule has 0 saturated heterocycles. The average Bonchev–Trinajstić information content (AvgIpc) is 2.69. The van der Waals surface area contributed by atoms with Gasteiger partial charge in [-0.15, -0.1) is 0 Å². The highest BCUT2D eigenvalue weighted by atomic mass is 16.3. The number of rotatable bonds is 4. The Balaban J connectivity index is 0.000000292. The summed E-state index contributed by atoms with van der Waals surface area (Å²) in [6, 6.07) is 19.5. The Labute approximate surface area is 166 Å². The minimum Gasteiger partial charge on any atom is -0.507 e. The molecule has 0 fully saturated rings. The normalized spacial score (nSPS) is 9.93. The predicted molar refractivity (Wildman–Crippen MR) is 114 cm³/mol. The van der Waals surface area contributed by atoms with Gasteiger partial charge in [0.15, 0.2) is 0 Å². The number of aromatic nitrogens is 1. The maximum atomic E-state index is 10.0. The lowest BCUT2D eigenvalue weighted by Gasteiger charge is -2.12. The van der Waals surface area contributed by atoms with Gasteiger partial charge in [0.1, 0.15) is 17.6 Å². The predicted octanol–water partition coefficient (Wildman–Crippen LogP) is 3.97. The highest BCUT2D eigenvalue weighted by Crippen LogP contribution is 2.33. The summed E-state index contributed by atoms with van der Waals surface area (Å²) < 4.78 is 0. The summed E-state index contributed by atoms with van der Waals surface area (Å²) in [7, 11) is 0. The second-order valence-electron chi connectivity index (χ2n) is 6.39. The van der Waals surface area contributed by atoms with Crippen LogP contribution in [0.3, 0.4) is 0 Å². The van der Waals surface area contributed by atoms with Gasteiger partial charge in [0.2, 0.25) is 0 Å². The molecule has 0 atom stereocenters. The molecule has 3 rings (SSSR count). The van der Waals surface area contributed by atoms with Gasteiger partial charge in [0.25, 0.3) is 0 Å². The first kappa shape index (κ1) is 20.9. The summed E-state index contributed by atoms with van der Waals surface area (Å²) >= 11 is 0. The molecule has 0 bridgehead atoms. The Morgan fingerprint density at radius 3 is 2.36 bits per heavy atom. The molecule has 0 saturated carbocycles. The van der Waals surface area contributed by atoms with Crippen molar-refractivity contribution in [2.75, 3.05) is 12.3 Å². The summed E-state index contributed by atoms with van der Waals surface area (Å²) in [4.78, 5) is 4.23. The van der Waals surface area contributed by atoms with Gasteiger partial charge in [-0.3, -0.25) is 0 Å². The molecule has 1 heterocycles. The summed E-state index contributed by atoms with van der Waals surface area (Å²) in [6.07, 6.45) is 1.68. The van der Waals surface area contributed by atoms with E-state index in [9.17, 15) is 5.11 Å². The van der Waals surface area contributed by atoms with E-state index in [4.69, 9.17) is 16.7 Å². The van der Waals surface area contributed by atoms with Gasteiger partial charge in [0, 0.05) is 5.56 Å². The first-order valence-electron chi connectivity index (χ1n) is 9.24. The largest absolute Gasteiger partial charge is 0.507 e. The lowest BCUT2D eigenvalue weighted by molar-refractivity contribution is 0.477. The van der Waals surface area contributed by atoms with Crippen molar-refractivity contribution in [3.8, 4) is 23.1 Å². The molecule has 3 aromatic rings. The second-order valence-corrected chi connectivity index (χ2v) is 6.39. The van der Waals surface area contributed by atoms with Crippen LogP contribution in [0.1, 0.15) is 29.2 Å². The lowest BCUT2D eigenvalue weighted by Crippen LogP contribution is -2.08. The van der Waals surface area contributed by atoms with Crippen LogP contribution >= 0.6 is 0 Å². The fraction of sp³-hybridized carbons (Fsp3) is 0.217. The molecular formula is C23H26N4O. The number of anilines is 1.